The Bertz CT molecular complexity index is 1020. The summed E-state index contributed by atoms with van der Waals surface area (Å²) < 4.78 is 54.9. The molecule has 10 heteroatoms. The van der Waals surface area contributed by atoms with Crippen LogP contribution in [0.5, 0.6) is 5.75 Å². The maximum Gasteiger partial charge on any atom is 0.255 e. The van der Waals surface area contributed by atoms with Gasteiger partial charge in [-0.2, -0.15) is 0 Å². The summed E-state index contributed by atoms with van der Waals surface area (Å²) >= 11 is 5.80. The molecule has 0 saturated heterocycles. The molecule has 0 amide bonds. The highest BCUT2D eigenvalue weighted by Gasteiger charge is 2.18. The smallest absolute Gasteiger partial charge is 0.255 e. The van der Waals surface area contributed by atoms with Gasteiger partial charge in [-0.15, -0.1) is 0 Å². The Morgan fingerprint density at radius 1 is 1.12 bits per heavy atom. The van der Waals surface area contributed by atoms with Crippen molar-refractivity contribution in [3.8, 4) is 5.75 Å². The number of methoxy groups -OCH3 is 1. The Morgan fingerprint density at radius 2 is 1.80 bits per heavy atom. The molecule has 7 nitrogen and oxygen atoms in total. The summed E-state index contributed by atoms with van der Waals surface area (Å²) in [4.78, 5) is -0.383. The minimum Gasteiger partial charge on any atom is -0.496 e. The van der Waals surface area contributed by atoms with Crippen LogP contribution in [0.2, 0.25) is 5.02 Å². The van der Waals surface area contributed by atoms with Gasteiger partial charge < -0.3 is 4.74 Å². The van der Waals surface area contributed by atoms with Gasteiger partial charge in [0, 0.05) is 10.6 Å². The summed E-state index contributed by atoms with van der Waals surface area (Å²) in [5, 5.41) is 6.13. The predicted molar refractivity (Wildman–Crippen MR) is 97.4 cm³/mol. The normalized spacial score (nSPS) is 12.3. The summed E-state index contributed by atoms with van der Waals surface area (Å²) in [6.45, 7) is 0. The molecule has 0 aliphatic rings. The third kappa shape index (κ3) is 5.20. The molecule has 0 heterocycles. The van der Waals surface area contributed by atoms with Gasteiger partial charge in [0.05, 0.1) is 18.2 Å². The van der Waals surface area contributed by atoms with Gasteiger partial charge in [0.2, 0.25) is 10.0 Å². The molecule has 2 aromatic rings. The van der Waals surface area contributed by atoms with E-state index in [4.69, 9.17) is 21.5 Å². The molecule has 0 aliphatic carbocycles. The molecule has 0 radical (unpaired) electrons. The number of halogens is 1. The van der Waals surface area contributed by atoms with Crippen LogP contribution in [-0.2, 0) is 20.0 Å². The molecular formula is C15H15ClN2O5S2. The van der Waals surface area contributed by atoms with Crippen LogP contribution in [0.1, 0.15) is 5.56 Å². The number of benzene rings is 2. The highest BCUT2D eigenvalue weighted by Crippen LogP contribution is 2.26. The van der Waals surface area contributed by atoms with E-state index in [0.29, 0.717) is 11.3 Å². The molecule has 25 heavy (non-hydrogen) atoms. The lowest BCUT2D eigenvalue weighted by molar-refractivity contribution is 0.414. The number of anilines is 1. The molecule has 3 N–H and O–H groups in total. The minimum atomic E-state index is -4.13. The van der Waals surface area contributed by atoms with Crippen LogP contribution >= 0.6 is 11.6 Å². The van der Waals surface area contributed by atoms with E-state index in [1.807, 2.05) is 0 Å². The second kappa shape index (κ2) is 7.44. The average molecular weight is 403 g/mol. The fourth-order valence-corrected chi connectivity index (χ4v) is 3.76. The molecule has 0 fully saturated rings. The lowest BCUT2D eigenvalue weighted by Crippen LogP contribution is -2.17. The molecule has 2 aromatic carbocycles. The average Bonchev–Trinajstić information content (AvgIpc) is 2.51. The van der Waals surface area contributed by atoms with Crippen molar-refractivity contribution in [3.63, 3.8) is 0 Å². The van der Waals surface area contributed by atoms with Gasteiger partial charge >= 0.3 is 0 Å². The number of nitrogens with one attached hydrogen (secondary N) is 1. The van der Waals surface area contributed by atoms with E-state index in [0.717, 1.165) is 17.5 Å². The van der Waals surface area contributed by atoms with Crippen molar-refractivity contribution in [3.05, 3.63) is 58.5 Å². The fraction of sp³-hybridized carbons (Fsp3) is 0.0667. The first-order valence-corrected chi connectivity index (χ1v) is 10.3. The Labute approximate surface area is 151 Å². The Kier molecular flexibility index (Phi) is 5.73. The minimum absolute atomic E-state index is 0.152. The van der Waals surface area contributed by atoms with Gasteiger partial charge in [0.1, 0.15) is 10.6 Å². The third-order valence-corrected chi connectivity index (χ3v) is 5.27. The number of para-hydroxylation sites is 1. The standard InChI is InChI=1S/C15H15ClN2O5S2/c1-23-14-5-3-2-4-11(14)8-9-24(19,20)18-13-10-12(16)6-7-15(13)25(17,21)22/h2-10,18H,1H3,(H2,17,21,22)/b9-8+. The number of ether oxygens (including phenoxy) is 1. The summed E-state index contributed by atoms with van der Waals surface area (Å²) in [7, 11) is -6.69. The number of rotatable bonds is 6. The molecule has 2 rings (SSSR count). The van der Waals surface area contributed by atoms with Gasteiger partial charge in [-0.05, 0) is 30.3 Å². The van der Waals surface area contributed by atoms with Crippen molar-refractivity contribution in [2.75, 3.05) is 11.8 Å². The number of sulfonamides is 2. The molecule has 0 saturated carbocycles. The topological polar surface area (TPSA) is 116 Å². The van der Waals surface area contributed by atoms with E-state index in [1.165, 1.54) is 19.3 Å². The summed E-state index contributed by atoms with van der Waals surface area (Å²) in [6, 6.07) is 10.4. The predicted octanol–water partition coefficient (Wildman–Crippen LogP) is 2.41. The molecule has 0 bridgehead atoms. The molecule has 0 atom stereocenters. The van der Waals surface area contributed by atoms with Crippen molar-refractivity contribution >= 4 is 43.4 Å². The van der Waals surface area contributed by atoms with E-state index in [9.17, 15) is 16.8 Å². The van der Waals surface area contributed by atoms with Crippen LogP contribution in [0, 0.1) is 0 Å². The first-order chi connectivity index (χ1) is 11.6. The van der Waals surface area contributed by atoms with E-state index in [2.05, 4.69) is 4.72 Å². The lowest BCUT2D eigenvalue weighted by Gasteiger charge is -2.10. The second-order valence-electron chi connectivity index (χ2n) is 4.88. The van der Waals surface area contributed by atoms with Crippen LogP contribution in [0.15, 0.2) is 52.8 Å². The third-order valence-electron chi connectivity index (χ3n) is 3.07. The lowest BCUT2D eigenvalue weighted by atomic mass is 10.2. The first-order valence-electron chi connectivity index (χ1n) is 6.79. The van der Waals surface area contributed by atoms with Crippen LogP contribution < -0.4 is 14.6 Å². The van der Waals surface area contributed by atoms with Crippen molar-refractivity contribution in [1.29, 1.82) is 0 Å². The van der Waals surface area contributed by atoms with E-state index >= 15 is 0 Å². The second-order valence-corrected chi connectivity index (χ2v) is 8.41. The molecule has 0 aromatic heterocycles. The SMILES string of the molecule is COc1ccccc1/C=C/S(=O)(=O)Nc1cc(Cl)ccc1S(N)(=O)=O. The molecule has 0 spiro atoms. The van der Waals surface area contributed by atoms with E-state index in [1.54, 1.807) is 24.3 Å². The van der Waals surface area contributed by atoms with Gasteiger partial charge in [0.15, 0.2) is 0 Å². The summed E-state index contributed by atoms with van der Waals surface area (Å²) in [5.41, 5.74) is 0.299. The zero-order valence-electron chi connectivity index (χ0n) is 13.0. The van der Waals surface area contributed by atoms with E-state index in [-0.39, 0.29) is 15.6 Å². The maximum atomic E-state index is 12.2. The van der Waals surface area contributed by atoms with E-state index < -0.39 is 20.0 Å². The molecule has 134 valence electrons. The summed E-state index contributed by atoms with van der Waals surface area (Å²) in [5.74, 6) is 0.488. The maximum absolute atomic E-state index is 12.2. The number of hydrogen-bond donors (Lipinski definition) is 2. The van der Waals surface area contributed by atoms with Crippen molar-refractivity contribution < 1.29 is 21.6 Å². The quantitative estimate of drug-likeness (QED) is 0.769. The molecule has 0 unspecified atom stereocenters. The van der Waals surface area contributed by atoms with Gasteiger partial charge in [-0.1, -0.05) is 29.8 Å². The Balaban J connectivity index is 2.37. The van der Waals surface area contributed by atoms with Crippen molar-refractivity contribution in [1.82, 2.24) is 0 Å². The zero-order chi connectivity index (χ0) is 18.7. The van der Waals surface area contributed by atoms with Gasteiger partial charge in [-0.3, -0.25) is 4.72 Å². The summed E-state index contributed by atoms with van der Waals surface area (Å²) in [6.07, 6.45) is 1.32. The molecule has 0 aliphatic heterocycles. The van der Waals surface area contributed by atoms with Crippen LogP contribution in [0.4, 0.5) is 5.69 Å². The highest BCUT2D eigenvalue weighted by molar-refractivity contribution is 7.95. The Morgan fingerprint density at radius 3 is 2.44 bits per heavy atom. The number of primary sulfonamides is 1. The number of nitrogens with two attached hydrogens (primary N) is 1. The largest absolute Gasteiger partial charge is 0.496 e. The monoisotopic (exact) mass is 402 g/mol. The van der Waals surface area contributed by atoms with Crippen molar-refractivity contribution in [2.45, 2.75) is 4.90 Å². The number of hydrogen-bond acceptors (Lipinski definition) is 5. The van der Waals surface area contributed by atoms with Gasteiger partial charge in [-0.25, -0.2) is 22.0 Å². The highest BCUT2D eigenvalue weighted by atomic mass is 35.5. The first kappa shape index (κ1) is 19.3. The zero-order valence-corrected chi connectivity index (χ0v) is 15.4. The molecular weight excluding hydrogens is 388 g/mol. The van der Waals surface area contributed by atoms with Crippen LogP contribution in [0.3, 0.4) is 0 Å². The fourth-order valence-electron chi connectivity index (χ4n) is 1.98. The Hall–Kier alpha value is -2.07. The van der Waals surface area contributed by atoms with Gasteiger partial charge in [0.25, 0.3) is 10.0 Å². The van der Waals surface area contributed by atoms with Crippen LogP contribution in [0.25, 0.3) is 6.08 Å². The van der Waals surface area contributed by atoms with Crippen molar-refractivity contribution in [2.24, 2.45) is 5.14 Å². The van der Waals surface area contributed by atoms with Crippen LogP contribution in [-0.4, -0.2) is 23.9 Å².